The Kier molecular flexibility index (Phi) is 7.50. The van der Waals surface area contributed by atoms with Crippen LogP contribution in [0.15, 0.2) is 18.2 Å². The number of anilines is 1. The van der Waals surface area contributed by atoms with Gasteiger partial charge in [-0.05, 0) is 44.9 Å². The second kappa shape index (κ2) is 8.62. The number of nitrogens with zero attached hydrogens (tertiary/aromatic N) is 1. The van der Waals surface area contributed by atoms with Crippen LogP contribution in [-0.2, 0) is 6.54 Å². The summed E-state index contributed by atoms with van der Waals surface area (Å²) in [5.74, 6) is 0. The second-order valence-corrected chi connectivity index (χ2v) is 6.86. The Morgan fingerprint density at radius 2 is 1.95 bits per heavy atom. The Hall–Kier alpha value is -0.770. The first-order valence-corrected chi connectivity index (χ1v) is 8.14. The smallest absolute Gasteiger partial charge is 0.0642 e. The number of benzene rings is 1. The predicted molar refractivity (Wildman–Crippen MR) is 92.3 cm³/mol. The number of halogens is 1. The first kappa shape index (κ1) is 18.3. The molecule has 1 aromatic rings. The largest absolute Gasteiger partial charge is 0.395 e. The first-order chi connectivity index (χ1) is 9.87. The molecule has 0 amide bonds. The molecule has 0 unspecified atom stereocenters. The number of hydrogen-bond donors (Lipinski definition) is 2. The standard InChI is InChI=1S/C17H29ClN2O/c1-5-6-9-20(10-11-21)16-8-7-14(12-15(16)18)13-19-17(2,3)4/h7-8,12,19,21H,5-6,9-11,13H2,1-4H3. The number of unbranched alkanes of at least 4 members (excludes halogenated alkanes) is 1. The lowest BCUT2D eigenvalue weighted by Crippen LogP contribution is -2.35. The second-order valence-electron chi connectivity index (χ2n) is 6.45. The molecule has 0 aliphatic heterocycles. The van der Waals surface area contributed by atoms with Gasteiger partial charge in [0.2, 0.25) is 0 Å². The van der Waals surface area contributed by atoms with E-state index in [4.69, 9.17) is 11.6 Å². The molecule has 0 bridgehead atoms. The monoisotopic (exact) mass is 312 g/mol. The summed E-state index contributed by atoms with van der Waals surface area (Å²) in [7, 11) is 0. The van der Waals surface area contributed by atoms with Crippen LogP contribution in [0.25, 0.3) is 0 Å². The third kappa shape index (κ3) is 6.68. The molecule has 1 aromatic carbocycles. The van der Waals surface area contributed by atoms with E-state index in [0.717, 1.165) is 36.6 Å². The van der Waals surface area contributed by atoms with Crippen LogP contribution < -0.4 is 10.2 Å². The molecule has 0 aromatic heterocycles. The number of aliphatic hydroxyl groups excluding tert-OH is 1. The summed E-state index contributed by atoms with van der Waals surface area (Å²) in [6.45, 7) is 11.1. The maximum atomic E-state index is 9.22. The molecule has 0 fully saturated rings. The molecule has 3 nitrogen and oxygen atoms in total. The van der Waals surface area contributed by atoms with E-state index in [-0.39, 0.29) is 12.1 Å². The van der Waals surface area contributed by atoms with Gasteiger partial charge in [0, 0.05) is 25.2 Å². The van der Waals surface area contributed by atoms with Crippen molar-refractivity contribution in [2.24, 2.45) is 0 Å². The Morgan fingerprint density at radius 1 is 1.24 bits per heavy atom. The van der Waals surface area contributed by atoms with Crippen LogP contribution in [0.1, 0.15) is 46.1 Å². The molecule has 0 radical (unpaired) electrons. The molecule has 0 aliphatic carbocycles. The first-order valence-electron chi connectivity index (χ1n) is 7.76. The minimum Gasteiger partial charge on any atom is -0.395 e. The summed E-state index contributed by atoms with van der Waals surface area (Å²) in [6, 6.07) is 6.19. The minimum atomic E-state index is 0.0925. The van der Waals surface area contributed by atoms with Crippen molar-refractivity contribution >= 4 is 17.3 Å². The van der Waals surface area contributed by atoms with E-state index in [1.165, 1.54) is 5.56 Å². The van der Waals surface area contributed by atoms with E-state index >= 15 is 0 Å². The van der Waals surface area contributed by atoms with Gasteiger partial charge in [-0.3, -0.25) is 0 Å². The van der Waals surface area contributed by atoms with Gasteiger partial charge in [-0.2, -0.15) is 0 Å². The molecule has 120 valence electrons. The van der Waals surface area contributed by atoms with Crippen molar-refractivity contribution < 1.29 is 5.11 Å². The van der Waals surface area contributed by atoms with E-state index in [0.29, 0.717) is 6.54 Å². The molecule has 0 aliphatic rings. The van der Waals surface area contributed by atoms with Gasteiger partial charge in [-0.25, -0.2) is 0 Å². The van der Waals surface area contributed by atoms with Gasteiger partial charge < -0.3 is 15.3 Å². The van der Waals surface area contributed by atoms with Crippen molar-refractivity contribution in [1.82, 2.24) is 5.32 Å². The maximum Gasteiger partial charge on any atom is 0.0642 e. The van der Waals surface area contributed by atoms with Gasteiger partial charge in [0.05, 0.1) is 17.3 Å². The zero-order valence-electron chi connectivity index (χ0n) is 13.7. The van der Waals surface area contributed by atoms with E-state index in [9.17, 15) is 5.11 Å². The lowest BCUT2D eigenvalue weighted by atomic mass is 10.1. The van der Waals surface area contributed by atoms with Crippen molar-refractivity contribution in [3.05, 3.63) is 28.8 Å². The van der Waals surface area contributed by atoms with Crippen LogP contribution in [0.5, 0.6) is 0 Å². The third-order valence-electron chi connectivity index (χ3n) is 3.33. The van der Waals surface area contributed by atoms with Gasteiger partial charge in [0.25, 0.3) is 0 Å². The topological polar surface area (TPSA) is 35.5 Å². The van der Waals surface area contributed by atoms with E-state index in [1.807, 2.05) is 6.07 Å². The lowest BCUT2D eigenvalue weighted by Gasteiger charge is -2.26. The summed E-state index contributed by atoms with van der Waals surface area (Å²) in [5, 5.41) is 13.4. The number of rotatable bonds is 8. The Labute approximate surface area is 134 Å². The SMILES string of the molecule is CCCCN(CCO)c1ccc(CNC(C)(C)C)cc1Cl. The fourth-order valence-corrected chi connectivity index (χ4v) is 2.43. The van der Waals surface area contributed by atoms with E-state index in [2.05, 4.69) is 50.0 Å². The summed E-state index contributed by atoms with van der Waals surface area (Å²) in [5.41, 5.74) is 2.28. The number of hydrogen-bond acceptors (Lipinski definition) is 3. The van der Waals surface area contributed by atoms with Gasteiger partial charge >= 0.3 is 0 Å². The molecule has 0 saturated carbocycles. The maximum absolute atomic E-state index is 9.22. The van der Waals surface area contributed by atoms with Gasteiger partial charge in [-0.1, -0.05) is 31.0 Å². The molecular weight excluding hydrogens is 284 g/mol. The Bertz CT molecular complexity index is 429. The van der Waals surface area contributed by atoms with Crippen molar-refractivity contribution in [1.29, 1.82) is 0 Å². The van der Waals surface area contributed by atoms with Crippen LogP contribution in [0.4, 0.5) is 5.69 Å². The Balaban J connectivity index is 2.79. The van der Waals surface area contributed by atoms with Crippen LogP contribution >= 0.6 is 11.6 Å². The summed E-state index contributed by atoms with van der Waals surface area (Å²) in [6.07, 6.45) is 2.23. The highest BCUT2D eigenvalue weighted by Gasteiger charge is 2.12. The summed E-state index contributed by atoms with van der Waals surface area (Å²) < 4.78 is 0. The predicted octanol–water partition coefficient (Wildman–Crippen LogP) is 3.83. The minimum absolute atomic E-state index is 0.0925. The number of nitrogens with one attached hydrogen (secondary N) is 1. The van der Waals surface area contributed by atoms with Crippen LogP contribution in [0, 0.1) is 0 Å². The molecule has 4 heteroatoms. The molecule has 1 rings (SSSR count). The zero-order chi connectivity index (χ0) is 15.9. The van der Waals surface area contributed by atoms with Gasteiger partial charge in [-0.15, -0.1) is 0 Å². The average molecular weight is 313 g/mol. The fourth-order valence-electron chi connectivity index (χ4n) is 2.11. The van der Waals surface area contributed by atoms with Crippen LogP contribution in [0.2, 0.25) is 5.02 Å². The third-order valence-corrected chi connectivity index (χ3v) is 3.63. The zero-order valence-corrected chi connectivity index (χ0v) is 14.5. The highest BCUT2D eigenvalue weighted by atomic mass is 35.5. The Morgan fingerprint density at radius 3 is 2.48 bits per heavy atom. The summed E-state index contributed by atoms with van der Waals surface area (Å²) >= 11 is 6.44. The highest BCUT2D eigenvalue weighted by molar-refractivity contribution is 6.33. The van der Waals surface area contributed by atoms with Crippen molar-refractivity contribution in [2.75, 3.05) is 24.6 Å². The van der Waals surface area contributed by atoms with Gasteiger partial charge in [0.1, 0.15) is 0 Å². The van der Waals surface area contributed by atoms with E-state index in [1.54, 1.807) is 0 Å². The molecule has 0 saturated heterocycles. The molecule has 0 heterocycles. The van der Waals surface area contributed by atoms with Crippen molar-refractivity contribution in [3.63, 3.8) is 0 Å². The normalized spacial score (nSPS) is 11.7. The summed E-state index contributed by atoms with van der Waals surface area (Å²) in [4.78, 5) is 2.16. The lowest BCUT2D eigenvalue weighted by molar-refractivity contribution is 0.301. The van der Waals surface area contributed by atoms with Crippen molar-refractivity contribution in [2.45, 2.75) is 52.6 Å². The number of aliphatic hydroxyl groups is 1. The molecular formula is C17H29ClN2O. The van der Waals surface area contributed by atoms with Gasteiger partial charge in [0.15, 0.2) is 0 Å². The quantitative estimate of drug-likeness (QED) is 0.766. The highest BCUT2D eigenvalue weighted by Crippen LogP contribution is 2.27. The molecule has 0 spiro atoms. The molecule has 2 N–H and O–H groups in total. The van der Waals surface area contributed by atoms with Crippen LogP contribution in [0.3, 0.4) is 0 Å². The average Bonchev–Trinajstić information content (AvgIpc) is 2.41. The fraction of sp³-hybridized carbons (Fsp3) is 0.647. The molecule has 21 heavy (non-hydrogen) atoms. The van der Waals surface area contributed by atoms with Crippen LogP contribution in [-0.4, -0.2) is 30.3 Å². The van der Waals surface area contributed by atoms with E-state index < -0.39 is 0 Å². The molecule has 0 atom stereocenters. The van der Waals surface area contributed by atoms with Crippen molar-refractivity contribution in [3.8, 4) is 0 Å².